The highest BCUT2D eigenvalue weighted by molar-refractivity contribution is 7.21. The molecule has 0 unspecified atom stereocenters. The van der Waals surface area contributed by atoms with Crippen molar-refractivity contribution in [2.24, 2.45) is 0 Å². The van der Waals surface area contributed by atoms with Crippen LogP contribution in [-0.2, 0) is 0 Å². The van der Waals surface area contributed by atoms with Gasteiger partial charge in [0.2, 0.25) is 0 Å². The Kier molecular flexibility index (Phi) is 2.68. The van der Waals surface area contributed by atoms with E-state index in [1.54, 1.807) is 0 Å². The van der Waals surface area contributed by atoms with Crippen molar-refractivity contribution in [1.82, 2.24) is 4.98 Å². The van der Waals surface area contributed by atoms with E-state index in [1.807, 2.05) is 24.3 Å². The van der Waals surface area contributed by atoms with Gasteiger partial charge in [-0.25, -0.2) is 4.98 Å². The minimum absolute atomic E-state index is 0.0577. The summed E-state index contributed by atoms with van der Waals surface area (Å²) in [6.07, 6.45) is 0.497. The second kappa shape index (κ2) is 4.37. The Morgan fingerprint density at radius 3 is 2.63 bits per heavy atom. The van der Waals surface area contributed by atoms with Crippen LogP contribution in [0, 0.1) is 0 Å². The molecule has 3 aromatic rings. The Morgan fingerprint density at radius 1 is 1.11 bits per heavy atom. The smallest absolute Gasteiger partial charge is 0.153 e. The van der Waals surface area contributed by atoms with E-state index in [9.17, 15) is 15.0 Å². The van der Waals surface area contributed by atoms with Gasteiger partial charge in [-0.15, -0.1) is 11.3 Å². The van der Waals surface area contributed by atoms with E-state index in [0.29, 0.717) is 16.9 Å². The van der Waals surface area contributed by atoms with Crippen LogP contribution in [0.1, 0.15) is 10.4 Å². The fourth-order valence-corrected chi connectivity index (χ4v) is 2.84. The zero-order valence-corrected chi connectivity index (χ0v) is 10.5. The number of thiazole rings is 1. The van der Waals surface area contributed by atoms with E-state index >= 15 is 0 Å². The third kappa shape index (κ3) is 1.94. The summed E-state index contributed by atoms with van der Waals surface area (Å²) in [6.45, 7) is 0. The number of benzene rings is 2. The zero-order valence-electron chi connectivity index (χ0n) is 9.70. The minimum atomic E-state index is -0.165. The number of aromatic hydroxyl groups is 2. The van der Waals surface area contributed by atoms with Crippen molar-refractivity contribution < 1.29 is 15.0 Å². The Morgan fingerprint density at radius 2 is 1.89 bits per heavy atom. The molecule has 0 amide bonds. The van der Waals surface area contributed by atoms with E-state index in [1.165, 1.54) is 23.5 Å². The van der Waals surface area contributed by atoms with Gasteiger partial charge in [0.1, 0.15) is 16.5 Å². The number of nitrogens with zero attached hydrogens (tertiary/aromatic N) is 1. The topological polar surface area (TPSA) is 70.4 Å². The lowest BCUT2D eigenvalue weighted by atomic mass is 10.1. The molecule has 0 spiro atoms. The van der Waals surface area contributed by atoms with Gasteiger partial charge in [-0.1, -0.05) is 12.1 Å². The van der Waals surface area contributed by atoms with Crippen LogP contribution in [0.25, 0.3) is 20.8 Å². The van der Waals surface area contributed by atoms with Crippen LogP contribution in [-0.4, -0.2) is 21.5 Å². The summed E-state index contributed by atoms with van der Waals surface area (Å²) in [7, 11) is 0. The van der Waals surface area contributed by atoms with Gasteiger partial charge in [-0.05, 0) is 24.3 Å². The van der Waals surface area contributed by atoms with Crippen LogP contribution in [0.3, 0.4) is 0 Å². The molecule has 4 nitrogen and oxygen atoms in total. The molecular formula is C14H9NO3S. The monoisotopic (exact) mass is 271 g/mol. The van der Waals surface area contributed by atoms with E-state index in [-0.39, 0.29) is 17.1 Å². The summed E-state index contributed by atoms with van der Waals surface area (Å²) in [5.74, 6) is -0.235. The maximum absolute atomic E-state index is 10.7. The van der Waals surface area contributed by atoms with Crippen molar-refractivity contribution in [3.05, 3.63) is 42.0 Å². The molecule has 94 valence electrons. The lowest BCUT2D eigenvalue weighted by molar-refractivity contribution is 0.112. The molecule has 1 heterocycles. The first-order valence-electron chi connectivity index (χ1n) is 5.56. The number of phenolic OH excluding ortho intramolecular Hbond substituents is 2. The van der Waals surface area contributed by atoms with Gasteiger partial charge < -0.3 is 10.2 Å². The normalized spacial score (nSPS) is 10.7. The number of fused-ring (bicyclic) bond motifs is 1. The number of aromatic nitrogens is 1. The predicted octanol–water partition coefficient (Wildman–Crippen LogP) is 3.19. The highest BCUT2D eigenvalue weighted by Gasteiger charge is 2.13. The van der Waals surface area contributed by atoms with Crippen molar-refractivity contribution in [3.8, 4) is 22.1 Å². The summed E-state index contributed by atoms with van der Waals surface area (Å²) in [5, 5.41) is 20.2. The van der Waals surface area contributed by atoms with Gasteiger partial charge in [0.15, 0.2) is 6.29 Å². The number of para-hydroxylation sites is 1. The molecule has 3 rings (SSSR count). The largest absolute Gasteiger partial charge is 0.507 e. The third-order valence-corrected chi connectivity index (χ3v) is 3.87. The van der Waals surface area contributed by atoms with Crippen LogP contribution < -0.4 is 0 Å². The van der Waals surface area contributed by atoms with Crippen LogP contribution >= 0.6 is 11.3 Å². The van der Waals surface area contributed by atoms with Gasteiger partial charge in [0.25, 0.3) is 0 Å². The number of aldehydes is 1. The number of phenols is 2. The molecule has 0 fully saturated rings. The second-order valence-electron chi connectivity index (χ2n) is 4.03. The SMILES string of the molecule is O=Cc1cc(O)c(-c2nc3ccccc3s2)cc1O. The summed E-state index contributed by atoms with van der Waals surface area (Å²) < 4.78 is 0.996. The molecule has 2 N–H and O–H groups in total. The average molecular weight is 271 g/mol. The Labute approximate surface area is 112 Å². The van der Waals surface area contributed by atoms with Gasteiger partial charge in [0, 0.05) is 0 Å². The standard InChI is InChI=1S/C14H9NO3S/c16-7-8-5-12(18)9(6-11(8)17)14-15-10-3-1-2-4-13(10)19-14/h1-7,17-18H. The maximum atomic E-state index is 10.7. The van der Waals surface area contributed by atoms with Crippen LogP contribution in [0.15, 0.2) is 36.4 Å². The van der Waals surface area contributed by atoms with Crippen molar-refractivity contribution in [2.75, 3.05) is 0 Å². The number of hydrogen-bond donors (Lipinski definition) is 2. The van der Waals surface area contributed by atoms with E-state index in [0.717, 1.165) is 10.2 Å². The number of hydrogen-bond acceptors (Lipinski definition) is 5. The van der Waals surface area contributed by atoms with E-state index in [2.05, 4.69) is 4.98 Å². The Bertz CT molecular complexity index is 746. The highest BCUT2D eigenvalue weighted by Crippen LogP contribution is 2.38. The first kappa shape index (κ1) is 11.7. The molecule has 5 heteroatoms. The summed E-state index contributed by atoms with van der Waals surface area (Å²) in [5.41, 5.74) is 1.31. The maximum Gasteiger partial charge on any atom is 0.153 e. The summed E-state index contributed by atoms with van der Waals surface area (Å²) in [6, 6.07) is 10.2. The van der Waals surface area contributed by atoms with Crippen molar-refractivity contribution in [2.45, 2.75) is 0 Å². The van der Waals surface area contributed by atoms with Gasteiger partial charge >= 0.3 is 0 Å². The van der Waals surface area contributed by atoms with Crippen LogP contribution in [0.2, 0.25) is 0 Å². The van der Waals surface area contributed by atoms with Crippen LogP contribution in [0.5, 0.6) is 11.5 Å². The fraction of sp³-hybridized carbons (Fsp3) is 0. The van der Waals surface area contributed by atoms with E-state index in [4.69, 9.17) is 0 Å². The molecule has 0 aliphatic carbocycles. The fourth-order valence-electron chi connectivity index (χ4n) is 1.85. The summed E-state index contributed by atoms with van der Waals surface area (Å²) >= 11 is 1.42. The molecule has 0 atom stereocenters. The highest BCUT2D eigenvalue weighted by atomic mass is 32.1. The van der Waals surface area contributed by atoms with Gasteiger partial charge in [0.05, 0.1) is 21.3 Å². The lowest BCUT2D eigenvalue weighted by Gasteiger charge is -2.03. The second-order valence-corrected chi connectivity index (χ2v) is 5.06. The molecule has 0 radical (unpaired) electrons. The van der Waals surface area contributed by atoms with Crippen molar-refractivity contribution in [1.29, 1.82) is 0 Å². The first-order chi connectivity index (χ1) is 9.19. The molecule has 0 aliphatic rings. The third-order valence-electron chi connectivity index (χ3n) is 2.80. The molecular weight excluding hydrogens is 262 g/mol. The number of carbonyl (C=O) groups is 1. The summed E-state index contributed by atoms with van der Waals surface area (Å²) in [4.78, 5) is 15.1. The van der Waals surface area contributed by atoms with Crippen LogP contribution in [0.4, 0.5) is 0 Å². The molecule has 0 saturated heterocycles. The Balaban J connectivity index is 2.21. The molecule has 1 aromatic heterocycles. The van der Waals surface area contributed by atoms with Crippen molar-refractivity contribution in [3.63, 3.8) is 0 Å². The molecule has 2 aromatic carbocycles. The first-order valence-corrected chi connectivity index (χ1v) is 6.38. The van der Waals surface area contributed by atoms with E-state index < -0.39 is 0 Å². The van der Waals surface area contributed by atoms with Gasteiger partial charge in [-0.3, -0.25) is 4.79 Å². The number of carbonyl (C=O) groups excluding carboxylic acids is 1. The molecule has 0 aliphatic heterocycles. The molecule has 19 heavy (non-hydrogen) atoms. The number of rotatable bonds is 2. The minimum Gasteiger partial charge on any atom is -0.507 e. The van der Waals surface area contributed by atoms with Gasteiger partial charge in [-0.2, -0.15) is 0 Å². The lowest BCUT2D eigenvalue weighted by Crippen LogP contribution is -1.84. The zero-order chi connectivity index (χ0) is 13.4. The Hall–Kier alpha value is -2.40. The quantitative estimate of drug-likeness (QED) is 0.554. The van der Waals surface area contributed by atoms with Crippen molar-refractivity contribution >= 4 is 27.8 Å². The molecule has 0 bridgehead atoms. The predicted molar refractivity (Wildman–Crippen MR) is 73.8 cm³/mol. The molecule has 0 saturated carbocycles. The average Bonchev–Trinajstić information content (AvgIpc) is 2.84.